The molecule has 1 aliphatic rings. The van der Waals surface area contributed by atoms with Gasteiger partial charge in [-0.1, -0.05) is 90.9 Å². The van der Waals surface area contributed by atoms with E-state index in [2.05, 4.69) is 19.2 Å². The van der Waals surface area contributed by atoms with Crippen LogP contribution in [-0.2, 0) is 14.3 Å². The second-order valence-electron chi connectivity index (χ2n) is 9.98. The minimum atomic E-state index is -1.12. The van der Waals surface area contributed by atoms with E-state index in [0.717, 1.165) is 0 Å². The molecule has 0 spiro atoms. The van der Waals surface area contributed by atoms with Crippen molar-refractivity contribution in [3.8, 4) is 0 Å². The number of amides is 2. The summed E-state index contributed by atoms with van der Waals surface area (Å²) in [7, 11) is 0. The van der Waals surface area contributed by atoms with E-state index in [-0.39, 0.29) is 0 Å². The second-order valence-corrected chi connectivity index (χ2v) is 9.98. The third-order valence-corrected chi connectivity index (χ3v) is 5.55. The molecule has 1 heterocycles. The maximum absolute atomic E-state index is 11.9. The number of hydrogen-bond acceptors (Lipinski definition) is 4. The van der Waals surface area contributed by atoms with Crippen LogP contribution in [0.1, 0.15) is 125 Å². The normalized spacial score (nSPS) is 15.5. The van der Waals surface area contributed by atoms with Crippen molar-refractivity contribution in [2.24, 2.45) is 0 Å². The Balaban J connectivity index is 0.000000653. The van der Waals surface area contributed by atoms with E-state index in [9.17, 15) is 14.4 Å². The Hall–Kier alpha value is -1.79. The van der Waals surface area contributed by atoms with Gasteiger partial charge in [-0.05, 0) is 33.6 Å². The summed E-state index contributed by atoms with van der Waals surface area (Å²) < 4.78 is 5.22. The van der Waals surface area contributed by atoms with Gasteiger partial charge in [-0.15, -0.1) is 0 Å². The summed E-state index contributed by atoms with van der Waals surface area (Å²) in [6.45, 7) is 9.82. The van der Waals surface area contributed by atoms with Crippen LogP contribution in [0.5, 0.6) is 0 Å². The fourth-order valence-electron chi connectivity index (χ4n) is 3.77. The van der Waals surface area contributed by atoms with Crippen molar-refractivity contribution in [3.63, 3.8) is 0 Å². The molecule has 1 fully saturated rings. The predicted molar refractivity (Wildman–Crippen MR) is 133 cm³/mol. The van der Waals surface area contributed by atoms with Crippen LogP contribution in [-0.4, -0.2) is 52.7 Å². The summed E-state index contributed by atoms with van der Waals surface area (Å²) in [4.78, 5) is 35.5. The van der Waals surface area contributed by atoms with Crippen LogP contribution >= 0.6 is 0 Å². The van der Waals surface area contributed by atoms with E-state index in [4.69, 9.17) is 9.84 Å². The zero-order chi connectivity index (χ0) is 25.1. The quantitative estimate of drug-likeness (QED) is 0.291. The number of aliphatic carboxylic acids is 1. The molecule has 0 aromatic carbocycles. The van der Waals surface area contributed by atoms with Gasteiger partial charge < -0.3 is 15.2 Å². The fourth-order valence-corrected chi connectivity index (χ4v) is 3.77. The number of likely N-dealkylation sites (tertiary alicyclic amines) is 1. The summed E-state index contributed by atoms with van der Waals surface area (Å²) in [5, 5.41) is 10.8. The molecule has 7 nitrogen and oxygen atoms in total. The van der Waals surface area contributed by atoms with Crippen LogP contribution in [0, 0.1) is 0 Å². The number of carboxylic acids is 1. The average molecular weight is 471 g/mol. The molecule has 0 saturated carbocycles. The first-order valence-corrected chi connectivity index (χ1v) is 13.1. The molecule has 2 N–H and O–H groups in total. The van der Waals surface area contributed by atoms with Gasteiger partial charge in [-0.2, -0.15) is 0 Å². The first-order valence-electron chi connectivity index (χ1n) is 13.1. The summed E-state index contributed by atoms with van der Waals surface area (Å²) in [6.07, 6.45) is 18.1. The summed E-state index contributed by atoms with van der Waals surface area (Å²) >= 11 is 0. The molecular weight excluding hydrogens is 420 g/mol. The number of ether oxygens (including phenoxy) is 1. The molecule has 1 saturated heterocycles. The van der Waals surface area contributed by atoms with E-state index in [1.54, 1.807) is 20.8 Å². The molecule has 7 heteroatoms. The molecule has 194 valence electrons. The average Bonchev–Trinajstić information content (AvgIpc) is 3.23. The first-order chi connectivity index (χ1) is 15.6. The molecule has 1 rings (SSSR count). The molecule has 0 aliphatic carbocycles. The van der Waals surface area contributed by atoms with E-state index in [0.29, 0.717) is 19.4 Å². The molecule has 0 aromatic heterocycles. The number of carboxylic acid groups (broad SMARTS) is 1. The lowest BCUT2D eigenvalue weighted by Crippen LogP contribution is -2.48. The maximum Gasteiger partial charge on any atom is 0.410 e. The van der Waals surface area contributed by atoms with Gasteiger partial charge in [0.25, 0.3) is 0 Å². The highest BCUT2D eigenvalue weighted by atomic mass is 16.6. The Bertz CT molecular complexity index is 533. The molecule has 0 aromatic rings. The molecule has 33 heavy (non-hydrogen) atoms. The summed E-state index contributed by atoms with van der Waals surface area (Å²) in [6, 6.07) is -0.644. The van der Waals surface area contributed by atoms with Crippen LogP contribution in [0.4, 0.5) is 4.79 Å². The van der Waals surface area contributed by atoms with Crippen LogP contribution in [0.2, 0.25) is 0 Å². The largest absolute Gasteiger partial charge is 0.480 e. The van der Waals surface area contributed by atoms with Crippen LogP contribution in [0.25, 0.3) is 0 Å². The molecule has 0 radical (unpaired) electrons. The zero-order valence-electron chi connectivity index (χ0n) is 21.9. The van der Waals surface area contributed by atoms with Crippen molar-refractivity contribution < 1.29 is 24.2 Å². The van der Waals surface area contributed by atoms with Gasteiger partial charge in [0, 0.05) is 6.54 Å². The number of hydrogen-bond donors (Lipinski definition) is 2. The number of carbonyl (C=O) groups is 3. The van der Waals surface area contributed by atoms with Gasteiger partial charge in [-0.3, -0.25) is 14.5 Å². The Kier molecular flexibility index (Phi) is 17.6. The van der Waals surface area contributed by atoms with Gasteiger partial charge >= 0.3 is 12.1 Å². The summed E-state index contributed by atoms with van der Waals surface area (Å²) in [5.74, 6) is -1.57. The van der Waals surface area contributed by atoms with Gasteiger partial charge in [0.2, 0.25) is 5.91 Å². The number of carbonyl (C=O) groups excluding carboxylic acids is 2. The summed E-state index contributed by atoms with van der Waals surface area (Å²) in [5.41, 5.74) is -0.623. The highest BCUT2D eigenvalue weighted by Crippen LogP contribution is 2.21. The van der Waals surface area contributed by atoms with Gasteiger partial charge in [0.15, 0.2) is 0 Å². The first kappa shape index (κ1) is 31.2. The van der Waals surface area contributed by atoms with Crippen molar-refractivity contribution in [1.82, 2.24) is 10.2 Å². The van der Waals surface area contributed by atoms with Crippen molar-refractivity contribution >= 4 is 18.0 Å². The Labute approximate surface area is 202 Å². The molecular formula is C26H50N2O5. The van der Waals surface area contributed by atoms with Crippen LogP contribution < -0.4 is 5.32 Å². The van der Waals surface area contributed by atoms with E-state index >= 15 is 0 Å². The monoisotopic (exact) mass is 470 g/mol. The van der Waals surface area contributed by atoms with E-state index in [1.165, 1.54) is 81.9 Å². The number of nitrogens with zero attached hydrogens (tertiary/aromatic N) is 1. The lowest BCUT2D eigenvalue weighted by Gasteiger charge is -2.27. The topological polar surface area (TPSA) is 95.9 Å². The van der Waals surface area contributed by atoms with Crippen molar-refractivity contribution in [1.29, 1.82) is 0 Å². The Morgan fingerprint density at radius 3 is 1.73 bits per heavy atom. The fraction of sp³-hybridized carbons (Fsp3) is 0.885. The van der Waals surface area contributed by atoms with E-state index < -0.39 is 36.2 Å². The maximum atomic E-state index is 11.9. The molecule has 0 unspecified atom stereocenters. The van der Waals surface area contributed by atoms with Crippen LogP contribution in [0.3, 0.4) is 0 Å². The second kappa shape index (κ2) is 18.6. The van der Waals surface area contributed by atoms with Gasteiger partial charge in [-0.25, -0.2) is 4.79 Å². The van der Waals surface area contributed by atoms with Gasteiger partial charge in [0.1, 0.15) is 18.2 Å². The smallest absolute Gasteiger partial charge is 0.410 e. The van der Waals surface area contributed by atoms with Crippen LogP contribution in [0.15, 0.2) is 0 Å². The van der Waals surface area contributed by atoms with Crippen molar-refractivity contribution in [3.05, 3.63) is 0 Å². The number of nitrogens with one attached hydrogen (secondary N) is 1. The zero-order valence-corrected chi connectivity index (χ0v) is 21.9. The highest BCUT2D eigenvalue weighted by Gasteiger charge is 2.36. The third kappa shape index (κ3) is 17.4. The highest BCUT2D eigenvalue weighted by molar-refractivity contribution is 5.88. The van der Waals surface area contributed by atoms with Crippen molar-refractivity contribution in [2.45, 2.75) is 136 Å². The standard InChI is InChI=1S/C14H30.C12H20N2O5/c1-3-5-7-9-11-13-14-12-10-8-6-4-2;1-12(2,3)19-11(18)14-6-4-5-8(14)10(17)13-7-9(15)16/h3-14H2,1-2H3;8H,4-7H2,1-3H3,(H,13,17)(H,15,16)/t;8-/m.0/s1. The Morgan fingerprint density at radius 2 is 1.33 bits per heavy atom. The van der Waals surface area contributed by atoms with Crippen molar-refractivity contribution in [2.75, 3.05) is 13.1 Å². The van der Waals surface area contributed by atoms with Gasteiger partial charge in [0.05, 0.1) is 0 Å². The minimum absolute atomic E-state index is 0.445. The third-order valence-electron chi connectivity index (χ3n) is 5.55. The number of unbranched alkanes of at least 4 members (excludes halogenated alkanes) is 11. The molecule has 2 amide bonds. The number of rotatable bonds is 14. The predicted octanol–water partition coefficient (Wildman–Crippen LogP) is 6.29. The lowest BCUT2D eigenvalue weighted by atomic mass is 10.1. The SMILES string of the molecule is CC(C)(C)OC(=O)N1CCC[C@H]1C(=O)NCC(=O)O.CCCCCCCCCCCCCC. The lowest BCUT2D eigenvalue weighted by molar-refractivity contribution is -0.138. The van der Waals surface area contributed by atoms with E-state index in [1.807, 2.05) is 0 Å². The Morgan fingerprint density at radius 1 is 0.879 bits per heavy atom. The molecule has 1 atom stereocenters. The molecule has 0 bridgehead atoms. The molecule has 1 aliphatic heterocycles. The minimum Gasteiger partial charge on any atom is -0.480 e.